The van der Waals surface area contributed by atoms with E-state index >= 15 is 0 Å². The van der Waals surface area contributed by atoms with Gasteiger partial charge >= 0.3 is 7.12 Å². The maximum atomic E-state index is 8.95. The van der Waals surface area contributed by atoms with Gasteiger partial charge in [-0.3, -0.25) is 4.90 Å². The van der Waals surface area contributed by atoms with Crippen LogP contribution in [0, 0.1) is 0 Å². The lowest BCUT2D eigenvalue weighted by Crippen LogP contribution is -2.40. The van der Waals surface area contributed by atoms with E-state index in [1.165, 1.54) is 16.7 Å². The van der Waals surface area contributed by atoms with Gasteiger partial charge in [-0.15, -0.1) is 0 Å². The maximum absolute atomic E-state index is 8.95. The Morgan fingerprint density at radius 3 is 2.48 bits per heavy atom. The van der Waals surface area contributed by atoms with Crippen LogP contribution in [0.4, 0.5) is 0 Å². The topological polar surface area (TPSA) is 69.7 Å². The Hall–Kier alpha value is -1.37. The molecule has 0 aromatic heterocycles. The van der Waals surface area contributed by atoms with Gasteiger partial charge in [0.25, 0.3) is 0 Å². The van der Waals surface area contributed by atoms with Crippen LogP contribution in [0.5, 0.6) is 0 Å². The summed E-state index contributed by atoms with van der Waals surface area (Å²) in [6.07, 6.45) is 6.25. The van der Waals surface area contributed by atoms with Gasteiger partial charge in [0, 0.05) is 30.2 Å². The Labute approximate surface area is 179 Å². The van der Waals surface area contributed by atoms with E-state index in [9.17, 15) is 0 Å². The van der Waals surface area contributed by atoms with E-state index in [-0.39, 0.29) is 6.04 Å². The zero-order valence-corrected chi connectivity index (χ0v) is 17.8. The van der Waals surface area contributed by atoms with Crippen LogP contribution in [0.25, 0.3) is 0 Å². The Balaban J connectivity index is 1.58. The van der Waals surface area contributed by atoms with E-state index in [0.717, 1.165) is 56.6 Å². The van der Waals surface area contributed by atoms with Gasteiger partial charge in [0.05, 0.1) is 0 Å². The highest BCUT2D eigenvalue weighted by atomic mass is 35.5. The number of halogens is 1. The molecule has 4 N–H and O–H groups in total. The number of rotatable bonds is 10. The van der Waals surface area contributed by atoms with Crippen LogP contribution < -0.4 is 5.73 Å². The summed E-state index contributed by atoms with van der Waals surface area (Å²) in [5.41, 5.74) is 10.5. The Kier molecular flexibility index (Phi) is 8.58. The van der Waals surface area contributed by atoms with Crippen molar-refractivity contribution in [2.45, 2.75) is 70.0 Å². The van der Waals surface area contributed by atoms with Crippen LogP contribution in [0.1, 0.15) is 48.8 Å². The molecule has 0 bridgehead atoms. The lowest BCUT2D eigenvalue weighted by Gasteiger charge is -2.37. The first-order valence-electron chi connectivity index (χ1n) is 10.7. The molecule has 0 saturated heterocycles. The number of fused-ring (bicyclic) bond motifs is 1. The summed E-state index contributed by atoms with van der Waals surface area (Å²) in [6.45, 7) is 1.88. The van der Waals surface area contributed by atoms with E-state index in [4.69, 9.17) is 27.4 Å². The summed E-state index contributed by atoms with van der Waals surface area (Å²) < 4.78 is 0. The van der Waals surface area contributed by atoms with Crippen molar-refractivity contribution in [1.29, 1.82) is 0 Å². The fraction of sp³-hybridized carbons (Fsp3) is 0.478. The summed E-state index contributed by atoms with van der Waals surface area (Å²) in [4.78, 5) is 2.57. The van der Waals surface area contributed by atoms with Gasteiger partial charge in [-0.1, -0.05) is 60.8 Å². The van der Waals surface area contributed by atoms with Crippen LogP contribution in [-0.4, -0.2) is 34.2 Å². The SMILES string of the molecule is NC(CCCCB(O)O)CCC1Cc2ccccc2CN1Cc1ccc(Cl)cc1. The van der Waals surface area contributed by atoms with E-state index in [1.54, 1.807) is 0 Å². The molecule has 29 heavy (non-hydrogen) atoms. The molecule has 0 aliphatic carbocycles. The lowest BCUT2D eigenvalue weighted by atomic mass is 9.83. The predicted octanol–water partition coefficient (Wildman–Crippen LogP) is 4.02. The number of hydrogen-bond acceptors (Lipinski definition) is 4. The number of unbranched alkanes of at least 4 members (excludes halogenated alkanes) is 1. The van der Waals surface area contributed by atoms with E-state index in [1.807, 2.05) is 12.1 Å². The minimum Gasteiger partial charge on any atom is -0.427 e. The summed E-state index contributed by atoms with van der Waals surface area (Å²) in [5.74, 6) is 0. The van der Waals surface area contributed by atoms with Gasteiger partial charge < -0.3 is 15.8 Å². The van der Waals surface area contributed by atoms with E-state index in [0.29, 0.717) is 12.4 Å². The molecule has 1 aliphatic rings. The van der Waals surface area contributed by atoms with Crippen molar-refractivity contribution in [1.82, 2.24) is 4.90 Å². The molecule has 0 fully saturated rings. The van der Waals surface area contributed by atoms with E-state index in [2.05, 4.69) is 41.3 Å². The molecule has 1 heterocycles. The monoisotopic (exact) mass is 414 g/mol. The van der Waals surface area contributed by atoms with Crippen LogP contribution in [0.15, 0.2) is 48.5 Å². The molecule has 156 valence electrons. The second kappa shape index (κ2) is 11.1. The maximum Gasteiger partial charge on any atom is 0.451 e. The normalized spacial score (nSPS) is 17.7. The fourth-order valence-electron chi connectivity index (χ4n) is 4.22. The summed E-state index contributed by atoms with van der Waals surface area (Å²) in [5, 5.41) is 18.7. The molecule has 1 aliphatic heterocycles. The molecule has 0 spiro atoms. The standard InChI is InChI=1S/C23H32BClN2O2/c25-21-10-8-18(9-11-21)16-27-17-20-6-2-1-5-19(20)15-23(27)13-12-22(26)7-3-4-14-24(28)29/h1-2,5-6,8-11,22-23,28-29H,3-4,7,12-17,26H2. The summed E-state index contributed by atoms with van der Waals surface area (Å²) in [6, 6.07) is 17.5. The van der Waals surface area contributed by atoms with Crippen molar-refractivity contribution in [3.05, 3.63) is 70.2 Å². The van der Waals surface area contributed by atoms with Crippen molar-refractivity contribution in [3.63, 3.8) is 0 Å². The van der Waals surface area contributed by atoms with Gasteiger partial charge in [-0.25, -0.2) is 0 Å². The van der Waals surface area contributed by atoms with Gasteiger partial charge in [-0.2, -0.15) is 0 Å². The van der Waals surface area contributed by atoms with Gasteiger partial charge in [0.15, 0.2) is 0 Å². The largest absolute Gasteiger partial charge is 0.451 e. The van der Waals surface area contributed by atoms with Crippen LogP contribution in [0.2, 0.25) is 11.3 Å². The van der Waals surface area contributed by atoms with Gasteiger partial charge in [0.1, 0.15) is 0 Å². The van der Waals surface area contributed by atoms with Crippen molar-refractivity contribution >= 4 is 18.7 Å². The Bertz CT molecular complexity index is 757. The highest BCUT2D eigenvalue weighted by molar-refractivity contribution is 6.40. The van der Waals surface area contributed by atoms with Crippen molar-refractivity contribution in [3.8, 4) is 0 Å². The molecule has 3 rings (SSSR count). The molecule has 0 amide bonds. The van der Waals surface area contributed by atoms with Crippen LogP contribution in [0.3, 0.4) is 0 Å². The molecule has 0 radical (unpaired) electrons. The molecule has 4 nitrogen and oxygen atoms in total. The summed E-state index contributed by atoms with van der Waals surface area (Å²) >= 11 is 6.05. The molecule has 2 atom stereocenters. The molecule has 2 aromatic rings. The molecule has 6 heteroatoms. The van der Waals surface area contributed by atoms with Crippen molar-refractivity contribution < 1.29 is 10.0 Å². The zero-order chi connectivity index (χ0) is 20.6. The number of nitrogens with zero attached hydrogens (tertiary/aromatic N) is 1. The second-order valence-electron chi connectivity index (χ2n) is 8.26. The number of benzene rings is 2. The molecule has 2 unspecified atom stereocenters. The van der Waals surface area contributed by atoms with Crippen molar-refractivity contribution in [2.24, 2.45) is 5.73 Å². The van der Waals surface area contributed by atoms with Crippen LogP contribution >= 0.6 is 11.6 Å². The van der Waals surface area contributed by atoms with Gasteiger partial charge in [-0.05, 0) is 60.8 Å². The molecule has 0 saturated carbocycles. The number of nitrogens with two attached hydrogens (primary N) is 1. The first-order valence-corrected chi connectivity index (χ1v) is 11.1. The molecular formula is C23H32BClN2O2. The van der Waals surface area contributed by atoms with Crippen LogP contribution in [-0.2, 0) is 19.5 Å². The predicted molar refractivity (Wildman–Crippen MR) is 121 cm³/mol. The number of hydrogen-bond donors (Lipinski definition) is 3. The third-order valence-corrected chi connectivity index (χ3v) is 6.17. The van der Waals surface area contributed by atoms with Gasteiger partial charge in [0.2, 0.25) is 0 Å². The second-order valence-corrected chi connectivity index (χ2v) is 8.70. The average Bonchev–Trinajstić information content (AvgIpc) is 2.71. The summed E-state index contributed by atoms with van der Waals surface area (Å²) in [7, 11) is -1.20. The van der Waals surface area contributed by atoms with E-state index < -0.39 is 7.12 Å². The van der Waals surface area contributed by atoms with Crippen molar-refractivity contribution in [2.75, 3.05) is 0 Å². The fourth-order valence-corrected chi connectivity index (χ4v) is 4.35. The first kappa shape index (κ1) is 22.3. The first-order chi connectivity index (χ1) is 14.0. The lowest BCUT2D eigenvalue weighted by molar-refractivity contribution is 0.149. The quantitative estimate of drug-likeness (QED) is 0.406. The smallest absolute Gasteiger partial charge is 0.427 e. The third kappa shape index (κ3) is 7.12. The minimum atomic E-state index is -1.20. The molecular weight excluding hydrogens is 383 g/mol. The average molecular weight is 415 g/mol. The Morgan fingerprint density at radius 2 is 1.76 bits per heavy atom. The highest BCUT2D eigenvalue weighted by Crippen LogP contribution is 2.28. The Morgan fingerprint density at radius 1 is 1.03 bits per heavy atom. The molecule has 2 aromatic carbocycles. The highest BCUT2D eigenvalue weighted by Gasteiger charge is 2.26. The minimum absolute atomic E-state index is 0.167. The zero-order valence-electron chi connectivity index (χ0n) is 17.0. The third-order valence-electron chi connectivity index (χ3n) is 5.92.